The Balaban J connectivity index is -0.00000253. The molecule has 1 N–H and O–H groups in total. The van der Waals surface area contributed by atoms with Crippen molar-refractivity contribution in [2.24, 2.45) is 0 Å². The van der Waals surface area contributed by atoms with Gasteiger partial charge < -0.3 is 5.32 Å². The molecule has 31 heavy (non-hydrogen) atoms. The minimum atomic E-state index is 0. The van der Waals surface area contributed by atoms with Crippen LogP contribution in [0.5, 0.6) is 0 Å². The van der Waals surface area contributed by atoms with Gasteiger partial charge in [0, 0.05) is 6.04 Å². The zero-order valence-electron chi connectivity index (χ0n) is 22.3. The summed E-state index contributed by atoms with van der Waals surface area (Å²) in [6.07, 6.45) is 31.5. The van der Waals surface area contributed by atoms with Crippen LogP contribution < -0.4 is 5.32 Å². The van der Waals surface area contributed by atoms with Crippen LogP contribution in [0.2, 0.25) is 0 Å². The van der Waals surface area contributed by atoms with E-state index < -0.39 is 0 Å². The second-order valence-electron chi connectivity index (χ2n) is 9.21. The molecule has 0 amide bonds. The highest BCUT2D eigenvalue weighted by Gasteiger charge is 2.04. The van der Waals surface area contributed by atoms with E-state index in [1.807, 2.05) is 13.8 Å². The molecule has 0 aromatic carbocycles. The summed E-state index contributed by atoms with van der Waals surface area (Å²) in [5, 5.41) is 3.82. The van der Waals surface area contributed by atoms with E-state index in [0.717, 1.165) is 6.04 Å². The lowest BCUT2D eigenvalue weighted by Gasteiger charge is -2.17. The molecule has 1 unspecified atom stereocenters. The molecule has 0 radical (unpaired) electrons. The van der Waals surface area contributed by atoms with Crippen molar-refractivity contribution in [1.29, 1.82) is 0 Å². The van der Waals surface area contributed by atoms with Crippen LogP contribution in [0.1, 0.15) is 183 Å². The summed E-state index contributed by atoms with van der Waals surface area (Å²) in [5.74, 6) is 0. The van der Waals surface area contributed by atoms with Gasteiger partial charge in [-0.1, -0.05) is 164 Å². The Bertz CT molecular complexity index is 263. The predicted octanol–water partition coefficient (Wildman–Crippen LogP) is 11.2. The lowest BCUT2D eigenvalue weighted by Crippen LogP contribution is -2.29. The zero-order valence-corrected chi connectivity index (χ0v) is 22.3. The minimum Gasteiger partial charge on any atom is -0.314 e. The van der Waals surface area contributed by atoms with Crippen molar-refractivity contribution in [3.8, 4) is 0 Å². The summed E-state index contributed by atoms with van der Waals surface area (Å²) in [6.45, 7) is 12.2. The van der Waals surface area contributed by atoms with Gasteiger partial charge in [-0.05, 0) is 25.8 Å². The highest BCUT2D eigenvalue weighted by Crippen LogP contribution is 2.13. The second kappa shape index (κ2) is 34.6. The molecule has 1 nitrogen and oxygen atoms in total. The Labute approximate surface area is 201 Å². The van der Waals surface area contributed by atoms with E-state index in [4.69, 9.17) is 0 Å². The van der Waals surface area contributed by atoms with Crippen molar-refractivity contribution in [3.05, 3.63) is 0 Å². The van der Waals surface area contributed by atoms with E-state index in [-0.39, 0.29) is 7.43 Å². The van der Waals surface area contributed by atoms with Gasteiger partial charge in [-0.25, -0.2) is 0 Å². The van der Waals surface area contributed by atoms with E-state index in [0.29, 0.717) is 0 Å². The molecule has 0 aromatic heterocycles. The van der Waals surface area contributed by atoms with Gasteiger partial charge in [-0.2, -0.15) is 0 Å². The maximum atomic E-state index is 3.82. The molecule has 0 aromatic rings. The first kappa shape index (κ1) is 35.5. The van der Waals surface area contributed by atoms with Crippen LogP contribution in [-0.2, 0) is 0 Å². The van der Waals surface area contributed by atoms with Crippen molar-refractivity contribution >= 4 is 0 Å². The van der Waals surface area contributed by atoms with Crippen molar-refractivity contribution < 1.29 is 0 Å². The van der Waals surface area contributed by atoms with Gasteiger partial charge in [0.2, 0.25) is 0 Å². The van der Waals surface area contributed by atoms with Gasteiger partial charge in [0.15, 0.2) is 0 Å². The smallest absolute Gasteiger partial charge is 0.00644 e. The Kier molecular flexibility index (Phi) is 39.6. The number of hydrogen-bond donors (Lipinski definition) is 1. The van der Waals surface area contributed by atoms with Gasteiger partial charge in [-0.15, -0.1) is 0 Å². The van der Waals surface area contributed by atoms with E-state index >= 15 is 0 Å². The van der Waals surface area contributed by atoms with Crippen LogP contribution in [0.25, 0.3) is 0 Å². The highest BCUT2D eigenvalue weighted by atomic mass is 14.9. The highest BCUT2D eigenvalue weighted by molar-refractivity contribution is 4.65. The summed E-state index contributed by atoms with van der Waals surface area (Å²) in [7, 11) is 0. The average molecular weight is 442 g/mol. The predicted molar refractivity (Wildman–Crippen MR) is 148 cm³/mol. The quantitative estimate of drug-likeness (QED) is 0.147. The van der Waals surface area contributed by atoms with Gasteiger partial charge >= 0.3 is 0 Å². The fourth-order valence-electron chi connectivity index (χ4n) is 4.25. The maximum Gasteiger partial charge on any atom is 0.00644 e. The maximum absolute atomic E-state index is 3.82. The molecule has 0 aliphatic heterocycles. The first-order valence-electron chi connectivity index (χ1n) is 14.6. The fourth-order valence-corrected chi connectivity index (χ4v) is 4.25. The summed E-state index contributed by atoms with van der Waals surface area (Å²) in [6, 6.07) is 0.771. The van der Waals surface area contributed by atoms with Gasteiger partial charge in [0.05, 0.1) is 0 Å². The lowest BCUT2D eigenvalue weighted by molar-refractivity contribution is 0.432. The third-order valence-corrected chi connectivity index (χ3v) is 6.36. The molecule has 1 atom stereocenters. The normalized spacial score (nSPS) is 11.5. The number of hydrogen-bond acceptors (Lipinski definition) is 1. The second-order valence-corrected chi connectivity index (χ2v) is 9.21. The largest absolute Gasteiger partial charge is 0.314 e. The Morgan fingerprint density at radius 2 is 0.774 bits per heavy atom. The van der Waals surface area contributed by atoms with E-state index in [9.17, 15) is 0 Å². The van der Waals surface area contributed by atoms with Crippen molar-refractivity contribution in [3.63, 3.8) is 0 Å². The minimum absolute atomic E-state index is 0. The molecular weight excluding hydrogens is 374 g/mol. The molecule has 0 bridgehead atoms. The Morgan fingerprint density at radius 1 is 0.452 bits per heavy atom. The summed E-state index contributed by atoms with van der Waals surface area (Å²) in [4.78, 5) is 0. The van der Waals surface area contributed by atoms with Crippen molar-refractivity contribution in [2.75, 3.05) is 6.54 Å². The molecule has 0 saturated carbocycles. The number of unbranched alkanes of at least 4 members (excludes halogenated alkanes) is 18. The molecule has 0 fully saturated rings. The number of nitrogens with one attached hydrogen (secondary N) is 1. The molecule has 0 aliphatic carbocycles. The van der Waals surface area contributed by atoms with E-state index in [1.54, 1.807) is 0 Å². The molecule has 1 heteroatoms. The van der Waals surface area contributed by atoms with Gasteiger partial charge in [0.25, 0.3) is 0 Å². The molecule has 0 spiro atoms. The molecule has 0 heterocycles. The monoisotopic (exact) mass is 442 g/mol. The van der Waals surface area contributed by atoms with Crippen LogP contribution in [0.15, 0.2) is 0 Å². The first-order valence-corrected chi connectivity index (χ1v) is 14.6. The van der Waals surface area contributed by atoms with Crippen LogP contribution in [-0.4, -0.2) is 12.6 Å². The topological polar surface area (TPSA) is 12.0 Å². The first-order chi connectivity index (χ1) is 14.8. The van der Waals surface area contributed by atoms with Gasteiger partial charge in [0.1, 0.15) is 0 Å². The fraction of sp³-hybridized carbons (Fsp3) is 1.00. The van der Waals surface area contributed by atoms with Crippen molar-refractivity contribution in [2.45, 2.75) is 189 Å². The van der Waals surface area contributed by atoms with E-state index in [2.05, 4.69) is 26.1 Å². The molecular formula is C30H67N. The third kappa shape index (κ3) is 32.2. The summed E-state index contributed by atoms with van der Waals surface area (Å²) < 4.78 is 0. The van der Waals surface area contributed by atoms with E-state index in [1.165, 1.54) is 148 Å². The van der Waals surface area contributed by atoms with Crippen LogP contribution in [0.3, 0.4) is 0 Å². The van der Waals surface area contributed by atoms with Gasteiger partial charge in [-0.3, -0.25) is 0 Å². The SMILES string of the molecule is C.CC.CCCCCCCCCCCCCCNC(CC)CCCCCCCCCC. The standard InChI is InChI=1S/C27H57N.C2H6.CH4/c1-4-7-9-11-13-15-16-17-18-20-22-24-26-28-27(6-3)25-23-21-19-14-12-10-8-5-2;1-2;/h27-28H,4-26H2,1-3H3;1-2H3;1H4. The summed E-state index contributed by atoms with van der Waals surface area (Å²) >= 11 is 0. The Hall–Kier alpha value is -0.0400. The Morgan fingerprint density at radius 3 is 1.13 bits per heavy atom. The molecule has 192 valence electrons. The summed E-state index contributed by atoms with van der Waals surface area (Å²) in [5.41, 5.74) is 0. The molecule has 0 aliphatic rings. The lowest BCUT2D eigenvalue weighted by atomic mass is 10.0. The van der Waals surface area contributed by atoms with Crippen LogP contribution >= 0.6 is 0 Å². The third-order valence-electron chi connectivity index (χ3n) is 6.36. The zero-order chi connectivity index (χ0) is 22.5. The van der Waals surface area contributed by atoms with Crippen LogP contribution in [0.4, 0.5) is 0 Å². The molecule has 0 saturated heterocycles. The van der Waals surface area contributed by atoms with Crippen molar-refractivity contribution in [1.82, 2.24) is 5.32 Å². The average Bonchev–Trinajstić information content (AvgIpc) is 2.78. The number of rotatable bonds is 24. The van der Waals surface area contributed by atoms with Crippen LogP contribution in [0, 0.1) is 0 Å². The molecule has 0 rings (SSSR count).